The molecule has 34 heavy (non-hydrogen) atoms. The van der Waals surface area contributed by atoms with Gasteiger partial charge in [0.2, 0.25) is 0 Å². The van der Waals surface area contributed by atoms with Crippen LogP contribution in [-0.4, -0.2) is 20.6 Å². The SMILES string of the molecule is Cc1ccc(OCc2ccc(C(=O)Nc3cnn(Cc4ccc(F)cc4Cl)c3)o2)c([N+](=O)[O-])c1. The van der Waals surface area contributed by atoms with Gasteiger partial charge in [0.05, 0.1) is 23.4 Å². The normalized spacial score (nSPS) is 10.8. The van der Waals surface area contributed by atoms with Gasteiger partial charge >= 0.3 is 5.69 Å². The van der Waals surface area contributed by atoms with E-state index in [2.05, 4.69) is 10.4 Å². The van der Waals surface area contributed by atoms with E-state index in [0.29, 0.717) is 23.6 Å². The summed E-state index contributed by atoms with van der Waals surface area (Å²) in [5.74, 6) is -0.478. The summed E-state index contributed by atoms with van der Waals surface area (Å²) in [5.41, 5.74) is 1.68. The molecule has 0 aliphatic heterocycles. The molecule has 0 aliphatic carbocycles. The number of amides is 1. The van der Waals surface area contributed by atoms with E-state index in [0.717, 1.165) is 5.56 Å². The lowest BCUT2D eigenvalue weighted by molar-refractivity contribution is -0.386. The van der Waals surface area contributed by atoms with Gasteiger partial charge < -0.3 is 14.5 Å². The summed E-state index contributed by atoms with van der Waals surface area (Å²) in [6, 6.07) is 11.8. The molecule has 11 heteroatoms. The van der Waals surface area contributed by atoms with Crippen LogP contribution in [0.1, 0.15) is 27.4 Å². The molecule has 0 spiro atoms. The van der Waals surface area contributed by atoms with Crippen molar-refractivity contribution in [3.8, 4) is 5.75 Å². The Morgan fingerprint density at radius 3 is 2.85 bits per heavy atom. The predicted octanol–water partition coefficient (Wildman–Crippen LogP) is 5.36. The van der Waals surface area contributed by atoms with Gasteiger partial charge in [-0.15, -0.1) is 0 Å². The number of carbonyl (C=O) groups excluding carboxylic acids is 1. The van der Waals surface area contributed by atoms with Crippen molar-refractivity contribution < 1.29 is 23.3 Å². The number of aromatic nitrogens is 2. The highest BCUT2D eigenvalue weighted by atomic mass is 35.5. The summed E-state index contributed by atoms with van der Waals surface area (Å²) in [6.07, 6.45) is 3.06. The number of nitrogens with one attached hydrogen (secondary N) is 1. The lowest BCUT2D eigenvalue weighted by atomic mass is 10.2. The van der Waals surface area contributed by atoms with Crippen LogP contribution in [0.15, 0.2) is 65.3 Å². The molecule has 9 nitrogen and oxygen atoms in total. The summed E-state index contributed by atoms with van der Waals surface area (Å²) in [4.78, 5) is 23.2. The average molecular weight is 485 g/mol. The Kier molecular flexibility index (Phi) is 6.60. The third kappa shape index (κ3) is 5.41. The number of carbonyl (C=O) groups is 1. The first-order valence-electron chi connectivity index (χ1n) is 10.0. The van der Waals surface area contributed by atoms with Crippen molar-refractivity contribution in [3.05, 3.63) is 105 Å². The van der Waals surface area contributed by atoms with E-state index in [1.807, 2.05) is 0 Å². The van der Waals surface area contributed by atoms with Gasteiger partial charge in [0.15, 0.2) is 11.5 Å². The molecular formula is C23H18ClFN4O5. The maximum atomic E-state index is 13.2. The van der Waals surface area contributed by atoms with Gasteiger partial charge in [0.25, 0.3) is 5.91 Å². The zero-order chi connectivity index (χ0) is 24.2. The van der Waals surface area contributed by atoms with Crippen molar-refractivity contribution in [1.82, 2.24) is 9.78 Å². The number of rotatable bonds is 8. The van der Waals surface area contributed by atoms with Crippen LogP contribution in [0.3, 0.4) is 0 Å². The summed E-state index contributed by atoms with van der Waals surface area (Å²) < 4.78 is 25.8. The molecule has 0 saturated heterocycles. The minimum atomic E-state index is -0.520. The number of anilines is 1. The fourth-order valence-corrected chi connectivity index (χ4v) is 3.38. The number of hydrogen-bond donors (Lipinski definition) is 1. The van der Waals surface area contributed by atoms with Crippen molar-refractivity contribution in [2.45, 2.75) is 20.1 Å². The minimum Gasteiger partial charge on any atom is -0.479 e. The van der Waals surface area contributed by atoms with E-state index in [1.54, 1.807) is 36.0 Å². The second kappa shape index (κ2) is 9.75. The molecule has 0 saturated carbocycles. The molecule has 4 aromatic rings. The van der Waals surface area contributed by atoms with Crippen LogP contribution >= 0.6 is 11.6 Å². The zero-order valence-corrected chi connectivity index (χ0v) is 18.6. The van der Waals surface area contributed by atoms with E-state index in [9.17, 15) is 19.3 Å². The Labute approximate surface area is 197 Å². The number of benzene rings is 2. The van der Waals surface area contributed by atoms with Crippen LogP contribution in [-0.2, 0) is 13.2 Å². The van der Waals surface area contributed by atoms with E-state index in [-0.39, 0.29) is 28.8 Å². The fourth-order valence-electron chi connectivity index (χ4n) is 3.15. The van der Waals surface area contributed by atoms with E-state index < -0.39 is 16.6 Å². The topological polar surface area (TPSA) is 112 Å². The molecule has 2 heterocycles. The number of nitro groups is 1. The smallest absolute Gasteiger partial charge is 0.311 e. The maximum absolute atomic E-state index is 13.2. The Balaban J connectivity index is 1.36. The van der Waals surface area contributed by atoms with Gasteiger partial charge in [0, 0.05) is 17.3 Å². The highest BCUT2D eigenvalue weighted by Gasteiger charge is 2.17. The molecule has 0 bridgehead atoms. The molecular weight excluding hydrogens is 467 g/mol. The van der Waals surface area contributed by atoms with Gasteiger partial charge in [-0.05, 0) is 48.4 Å². The number of nitrogens with zero attached hydrogens (tertiary/aromatic N) is 3. The summed E-state index contributed by atoms with van der Waals surface area (Å²) in [5, 5.41) is 18.3. The lowest BCUT2D eigenvalue weighted by Gasteiger charge is -2.06. The molecule has 0 unspecified atom stereocenters. The van der Waals surface area contributed by atoms with Crippen molar-refractivity contribution >= 4 is 28.9 Å². The standard InChI is InChI=1S/C23H18ClFN4O5/c1-14-2-6-21(20(8-14)29(31)32)33-13-18-5-7-22(34-18)23(30)27-17-10-26-28(12-17)11-15-3-4-16(25)9-19(15)24/h2-10,12H,11,13H2,1H3,(H,27,30). The van der Waals surface area contributed by atoms with Gasteiger partial charge in [-0.1, -0.05) is 23.7 Å². The van der Waals surface area contributed by atoms with Crippen LogP contribution in [0, 0.1) is 22.9 Å². The number of furan rings is 1. The van der Waals surface area contributed by atoms with Crippen LogP contribution < -0.4 is 10.1 Å². The monoisotopic (exact) mass is 484 g/mol. The predicted molar refractivity (Wildman–Crippen MR) is 122 cm³/mol. The largest absolute Gasteiger partial charge is 0.479 e. The highest BCUT2D eigenvalue weighted by Crippen LogP contribution is 2.28. The maximum Gasteiger partial charge on any atom is 0.311 e. The second-order valence-electron chi connectivity index (χ2n) is 7.40. The fraction of sp³-hybridized carbons (Fsp3) is 0.130. The summed E-state index contributed by atoms with van der Waals surface area (Å²) >= 11 is 6.04. The molecule has 0 fully saturated rings. The Hall–Kier alpha value is -4.18. The molecule has 0 radical (unpaired) electrons. The number of hydrogen-bond acceptors (Lipinski definition) is 6. The quantitative estimate of drug-likeness (QED) is 0.266. The number of nitro benzene ring substituents is 1. The zero-order valence-electron chi connectivity index (χ0n) is 17.8. The number of aryl methyl sites for hydroxylation is 1. The molecule has 4 rings (SSSR count). The van der Waals surface area contributed by atoms with Crippen molar-refractivity contribution in [3.63, 3.8) is 0 Å². The molecule has 174 valence electrons. The van der Waals surface area contributed by atoms with Crippen molar-refractivity contribution in [2.75, 3.05) is 5.32 Å². The van der Waals surface area contributed by atoms with Crippen LogP contribution in [0.25, 0.3) is 0 Å². The summed E-state index contributed by atoms with van der Waals surface area (Å²) in [7, 11) is 0. The third-order valence-electron chi connectivity index (χ3n) is 4.81. The van der Waals surface area contributed by atoms with Gasteiger partial charge in [-0.3, -0.25) is 19.6 Å². The van der Waals surface area contributed by atoms with Crippen molar-refractivity contribution in [2.24, 2.45) is 0 Å². The molecule has 0 atom stereocenters. The molecule has 1 amide bonds. The van der Waals surface area contributed by atoms with Crippen LogP contribution in [0.2, 0.25) is 5.02 Å². The molecule has 1 N–H and O–H groups in total. The highest BCUT2D eigenvalue weighted by molar-refractivity contribution is 6.31. The van der Waals surface area contributed by atoms with Crippen LogP contribution in [0.4, 0.5) is 15.8 Å². The third-order valence-corrected chi connectivity index (χ3v) is 5.16. The molecule has 0 aliphatic rings. The Morgan fingerprint density at radius 1 is 1.26 bits per heavy atom. The van der Waals surface area contributed by atoms with Gasteiger partial charge in [-0.25, -0.2) is 4.39 Å². The van der Waals surface area contributed by atoms with E-state index in [1.165, 1.54) is 36.5 Å². The first kappa shape index (κ1) is 23.0. The average Bonchev–Trinajstić information content (AvgIpc) is 3.44. The number of ether oxygens (including phenoxy) is 1. The first-order chi connectivity index (χ1) is 16.3. The van der Waals surface area contributed by atoms with Crippen LogP contribution in [0.5, 0.6) is 5.75 Å². The summed E-state index contributed by atoms with van der Waals surface area (Å²) in [6.45, 7) is 1.95. The lowest BCUT2D eigenvalue weighted by Crippen LogP contribution is -2.10. The van der Waals surface area contributed by atoms with Crippen molar-refractivity contribution in [1.29, 1.82) is 0 Å². The Bertz CT molecular complexity index is 1370. The second-order valence-corrected chi connectivity index (χ2v) is 7.81. The van der Waals surface area contributed by atoms with Gasteiger partial charge in [0.1, 0.15) is 18.2 Å². The molecule has 2 aromatic carbocycles. The van der Waals surface area contributed by atoms with Gasteiger partial charge in [-0.2, -0.15) is 5.10 Å². The van der Waals surface area contributed by atoms with E-state index >= 15 is 0 Å². The number of halogens is 2. The first-order valence-corrected chi connectivity index (χ1v) is 10.4. The minimum absolute atomic E-state index is 0.0336. The Morgan fingerprint density at radius 2 is 2.09 bits per heavy atom. The molecule has 2 aromatic heterocycles. The van der Waals surface area contributed by atoms with E-state index in [4.69, 9.17) is 20.8 Å².